The van der Waals surface area contributed by atoms with Crippen molar-refractivity contribution < 1.29 is 14.0 Å². The van der Waals surface area contributed by atoms with Gasteiger partial charge in [0, 0.05) is 31.8 Å². The summed E-state index contributed by atoms with van der Waals surface area (Å²) < 4.78 is 5.15. The number of amides is 2. The molecule has 6 nitrogen and oxygen atoms in total. The maximum atomic E-state index is 12.5. The minimum absolute atomic E-state index is 0.0702. The van der Waals surface area contributed by atoms with Crippen LogP contribution in [0.2, 0.25) is 0 Å². The normalized spacial score (nSPS) is 10.5. The lowest BCUT2D eigenvalue weighted by molar-refractivity contribution is -0.118. The second kappa shape index (κ2) is 7.86. The minimum Gasteiger partial charge on any atom is -0.432 e. The zero-order chi connectivity index (χ0) is 19.4. The molecule has 3 rings (SSSR count). The molecule has 0 saturated heterocycles. The van der Waals surface area contributed by atoms with E-state index in [0.29, 0.717) is 12.0 Å². The Labute approximate surface area is 158 Å². The van der Waals surface area contributed by atoms with Crippen LogP contribution in [-0.2, 0) is 4.79 Å². The first kappa shape index (κ1) is 18.4. The molecule has 0 atom stereocenters. The molecule has 0 aliphatic rings. The topological polar surface area (TPSA) is 66.7 Å². The van der Waals surface area contributed by atoms with Crippen LogP contribution in [0.3, 0.4) is 0 Å². The van der Waals surface area contributed by atoms with Crippen LogP contribution < -0.4 is 9.80 Å². The number of oxazole rings is 1. The molecule has 1 aromatic heterocycles. The van der Waals surface area contributed by atoms with E-state index in [1.54, 1.807) is 31.1 Å². The standard InChI is InChI=1S/C21H21N3O3/c1-4-19(25)23(2)18-11-9-16(10-12-18)15-5-7-17(8-6-15)20(26)24(3)21-22-13-14-27-21/h5-14H,4H2,1-3H3. The summed E-state index contributed by atoms with van der Waals surface area (Å²) >= 11 is 0. The second-order valence-corrected chi connectivity index (χ2v) is 6.11. The molecule has 2 amide bonds. The highest BCUT2D eigenvalue weighted by atomic mass is 16.4. The van der Waals surface area contributed by atoms with Gasteiger partial charge in [-0.25, -0.2) is 4.98 Å². The summed E-state index contributed by atoms with van der Waals surface area (Å²) in [5.41, 5.74) is 3.40. The van der Waals surface area contributed by atoms with Crippen molar-refractivity contribution in [3.05, 3.63) is 66.6 Å². The van der Waals surface area contributed by atoms with Gasteiger partial charge in [-0.2, -0.15) is 0 Å². The lowest BCUT2D eigenvalue weighted by Crippen LogP contribution is -2.26. The molecule has 0 unspecified atom stereocenters. The van der Waals surface area contributed by atoms with Crippen molar-refractivity contribution >= 4 is 23.5 Å². The average Bonchev–Trinajstić information content (AvgIpc) is 3.26. The lowest BCUT2D eigenvalue weighted by atomic mass is 10.0. The van der Waals surface area contributed by atoms with Crippen molar-refractivity contribution in [1.82, 2.24) is 4.98 Å². The van der Waals surface area contributed by atoms with Gasteiger partial charge in [-0.1, -0.05) is 31.2 Å². The quantitative estimate of drug-likeness (QED) is 0.687. The van der Waals surface area contributed by atoms with Gasteiger partial charge in [0.1, 0.15) is 6.26 Å². The summed E-state index contributed by atoms with van der Waals surface area (Å²) in [5.74, 6) is -0.125. The predicted molar refractivity (Wildman–Crippen MR) is 105 cm³/mol. The van der Waals surface area contributed by atoms with Gasteiger partial charge in [-0.15, -0.1) is 0 Å². The largest absolute Gasteiger partial charge is 0.432 e. The molecular weight excluding hydrogens is 342 g/mol. The van der Waals surface area contributed by atoms with E-state index in [1.807, 2.05) is 43.3 Å². The van der Waals surface area contributed by atoms with Gasteiger partial charge in [-0.3, -0.25) is 14.5 Å². The monoisotopic (exact) mass is 363 g/mol. The van der Waals surface area contributed by atoms with Crippen LogP contribution in [-0.4, -0.2) is 30.9 Å². The predicted octanol–water partition coefficient (Wildman–Crippen LogP) is 3.99. The number of nitrogens with zero attached hydrogens (tertiary/aromatic N) is 3. The fraction of sp³-hybridized carbons (Fsp3) is 0.190. The van der Waals surface area contributed by atoms with E-state index < -0.39 is 0 Å². The summed E-state index contributed by atoms with van der Waals surface area (Å²) in [6, 6.07) is 15.4. The molecule has 0 saturated carbocycles. The average molecular weight is 363 g/mol. The van der Waals surface area contributed by atoms with Crippen LogP contribution in [0.1, 0.15) is 23.7 Å². The molecule has 0 radical (unpaired) electrons. The van der Waals surface area contributed by atoms with Crippen LogP contribution in [0.15, 0.2) is 65.4 Å². The molecule has 0 N–H and O–H groups in total. The van der Waals surface area contributed by atoms with Gasteiger partial charge in [0.05, 0.1) is 6.20 Å². The molecule has 138 valence electrons. The minimum atomic E-state index is -0.195. The van der Waals surface area contributed by atoms with Gasteiger partial charge in [-0.05, 0) is 35.4 Å². The Morgan fingerprint density at radius 2 is 1.52 bits per heavy atom. The second-order valence-electron chi connectivity index (χ2n) is 6.11. The Bertz CT molecular complexity index is 916. The molecule has 6 heteroatoms. The number of anilines is 2. The van der Waals surface area contributed by atoms with Crippen LogP contribution in [0.4, 0.5) is 11.7 Å². The maximum absolute atomic E-state index is 12.5. The maximum Gasteiger partial charge on any atom is 0.303 e. The molecule has 0 spiro atoms. The van der Waals surface area contributed by atoms with E-state index in [9.17, 15) is 9.59 Å². The van der Waals surface area contributed by atoms with Gasteiger partial charge in [0.15, 0.2) is 0 Å². The van der Waals surface area contributed by atoms with Crippen molar-refractivity contribution in [2.75, 3.05) is 23.9 Å². The van der Waals surface area contributed by atoms with Gasteiger partial charge < -0.3 is 9.32 Å². The Kier molecular flexibility index (Phi) is 5.35. The van der Waals surface area contributed by atoms with E-state index in [0.717, 1.165) is 16.8 Å². The highest BCUT2D eigenvalue weighted by Gasteiger charge is 2.16. The summed E-state index contributed by atoms with van der Waals surface area (Å²) in [6.07, 6.45) is 3.39. The Morgan fingerprint density at radius 1 is 0.926 bits per heavy atom. The Hall–Kier alpha value is -3.41. The summed E-state index contributed by atoms with van der Waals surface area (Å²) in [5, 5.41) is 0. The molecule has 1 heterocycles. The van der Waals surface area contributed by atoms with Crippen molar-refractivity contribution in [3.8, 4) is 11.1 Å². The van der Waals surface area contributed by atoms with Crippen LogP contribution in [0.25, 0.3) is 11.1 Å². The third-order valence-corrected chi connectivity index (χ3v) is 4.41. The SMILES string of the molecule is CCC(=O)N(C)c1ccc(-c2ccc(C(=O)N(C)c3ncco3)cc2)cc1. The molecule has 0 fully saturated rings. The fourth-order valence-electron chi connectivity index (χ4n) is 2.73. The summed E-state index contributed by atoms with van der Waals surface area (Å²) in [7, 11) is 3.39. The summed E-state index contributed by atoms with van der Waals surface area (Å²) in [6.45, 7) is 1.84. The smallest absolute Gasteiger partial charge is 0.303 e. The number of hydrogen-bond acceptors (Lipinski definition) is 4. The third-order valence-electron chi connectivity index (χ3n) is 4.41. The third kappa shape index (κ3) is 3.89. The van der Waals surface area contributed by atoms with E-state index in [-0.39, 0.29) is 17.8 Å². The van der Waals surface area contributed by atoms with E-state index >= 15 is 0 Å². The van der Waals surface area contributed by atoms with Crippen molar-refractivity contribution in [2.45, 2.75) is 13.3 Å². The van der Waals surface area contributed by atoms with Crippen LogP contribution >= 0.6 is 0 Å². The van der Waals surface area contributed by atoms with Crippen LogP contribution in [0.5, 0.6) is 0 Å². The molecule has 3 aromatic rings. The molecule has 2 aromatic carbocycles. The first-order chi connectivity index (χ1) is 13.0. The van der Waals surface area contributed by atoms with Crippen molar-refractivity contribution in [3.63, 3.8) is 0 Å². The number of rotatable bonds is 5. The first-order valence-corrected chi connectivity index (χ1v) is 8.66. The number of carbonyl (C=O) groups is 2. The van der Waals surface area contributed by atoms with Crippen molar-refractivity contribution in [2.24, 2.45) is 0 Å². The Balaban J connectivity index is 1.75. The van der Waals surface area contributed by atoms with Gasteiger partial charge >= 0.3 is 6.01 Å². The molecule has 27 heavy (non-hydrogen) atoms. The number of carbonyl (C=O) groups excluding carboxylic acids is 2. The molecule has 0 aliphatic carbocycles. The fourth-order valence-corrected chi connectivity index (χ4v) is 2.73. The van der Waals surface area contributed by atoms with Gasteiger partial charge in [0.25, 0.3) is 5.91 Å². The van der Waals surface area contributed by atoms with Gasteiger partial charge in [0.2, 0.25) is 5.91 Å². The van der Waals surface area contributed by atoms with Crippen molar-refractivity contribution in [1.29, 1.82) is 0 Å². The van der Waals surface area contributed by atoms with E-state index in [2.05, 4.69) is 4.98 Å². The number of hydrogen-bond donors (Lipinski definition) is 0. The highest BCUT2D eigenvalue weighted by molar-refractivity contribution is 6.04. The zero-order valence-electron chi connectivity index (χ0n) is 15.5. The lowest BCUT2D eigenvalue weighted by Gasteiger charge is -2.17. The molecule has 0 aliphatic heterocycles. The Morgan fingerprint density at radius 3 is 2.04 bits per heavy atom. The number of aromatic nitrogens is 1. The van der Waals surface area contributed by atoms with Crippen LogP contribution in [0, 0.1) is 0 Å². The first-order valence-electron chi connectivity index (χ1n) is 8.66. The molecule has 0 bridgehead atoms. The highest BCUT2D eigenvalue weighted by Crippen LogP contribution is 2.24. The number of benzene rings is 2. The van der Waals surface area contributed by atoms with E-state index in [1.165, 1.54) is 17.4 Å². The zero-order valence-corrected chi connectivity index (χ0v) is 15.5. The molecular formula is C21H21N3O3. The van der Waals surface area contributed by atoms with E-state index in [4.69, 9.17) is 4.42 Å². The summed E-state index contributed by atoms with van der Waals surface area (Å²) in [4.78, 5) is 31.3.